The molecule has 0 aliphatic carbocycles. The van der Waals surface area contributed by atoms with Crippen LogP contribution in [0.5, 0.6) is 0 Å². The Balaban J connectivity index is 2.86. The number of hydrogen-bond donors (Lipinski definition) is 0. The van der Waals surface area contributed by atoms with E-state index in [-0.39, 0.29) is 5.91 Å². The number of carbonyl (C=O) groups excluding carboxylic acids is 1. The number of terminal acetylenes is 1. The van der Waals surface area contributed by atoms with Crippen LogP contribution in [0.3, 0.4) is 0 Å². The van der Waals surface area contributed by atoms with E-state index in [2.05, 4.69) is 15.5 Å². The largest absolute Gasteiger partial charge is 0.327 e. The van der Waals surface area contributed by atoms with Crippen molar-refractivity contribution in [3.63, 3.8) is 0 Å². The van der Waals surface area contributed by atoms with E-state index in [1.807, 2.05) is 13.8 Å². The minimum Gasteiger partial charge on any atom is -0.327 e. The molecule has 0 spiro atoms. The summed E-state index contributed by atoms with van der Waals surface area (Å²) < 4.78 is 3.81. The van der Waals surface area contributed by atoms with Gasteiger partial charge in [0.05, 0.1) is 12.2 Å². The van der Waals surface area contributed by atoms with Crippen molar-refractivity contribution in [3.05, 3.63) is 10.6 Å². The molecule has 1 aromatic rings. The maximum atomic E-state index is 12.1. The van der Waals surface area contributed by atoms with E-state index >= 15 is 0 Å². The highest BCUT2D eigenvalue weighted by Gasteiger charge is 2.20. The summed E-state index contributed by atoms with van der Waals surface area (Å²) in [6.07, 6.45) is 6.86. The Labute approximate surface area is 99.8 Å². The molecule has 4 nitrogen and oxygen atoms in total. The summed E-state index contributed by atoms with van der Waals surface area (Å²) >= 11 is 1.14. The second kappa shape index (κ2) is 6.23. The molecule has 1 rings (SSSR count). The molecule has 0 aliphatic rings. The normalized spacial score (nSPS) is 9.81. The van der Waals surface area contributed by atoms with Gasteiger partial charge in [0.25, 0.3) is 5.91 Å². The molecule has 16 heavy (non-hydrogen) atoms. The van der Waals surface area contributed by atoms with Crippen molar-refractivity contribution in [3.8, 4) is 12.3 Å². The Morgan fingerprint density at radius 1 is 1.56 bits per heavy atom. The fraction of sp³-hybridized carbons (Fsp3) is 0.545. The zero-order valence-electron chi connectivity index (χ0n) is 9.56. The lowest BCUT2D eigenvalue weighted by atomic mass is 10.2. The molecule has 0 atom stereocenters. The summed E-state index contributed by atoms with van der Waals surface area (Å²) in [6.45, 7) is 4.99. The van der Waals surface area contributed by atoms with Crippen molar-refractivity contribution in [2.45, 2.75) is 26.7 Å². The predicted molar refractivity (Wildman–Crippen MR) is 64.3 cm³/mol. The summed E-state index contributed by atoms with van der Waals surface area (Å²) in [6, 6.07) is 0. The molecular weight excluding hydrogens is 222 g/mol. The number of rotatable bonds is 5. The van der Waals surface area contributed by atoms with Gasteiger partial charge < -0.3 is 4.90 Å². The van der Waals surface area contributed by atoms with Crippen LogP contribution in [-0.2, 0) is 6.42 Å². The molecule has 86 valence electrons. The molecular formula is C11H15N3OS. The van der Waals surface area contributed by atoms with Crippen LogP contribution in [0.1, 0.15) is 35.6 Å². The molecule has 1 aromatic heterocycles. The summed E-state index contributed by atoms with van der Waals surface area (Å²) in [5, 5.41) is 3.93. The van der Waals surface area contributed by atoms with Crippen LogP contribution >= 0.6 is 11.5 Å². The van der Waals surface area contributed by atoms with E-state index in [9.17, 15) is 4.79 Å². The van der Waals surface area contributed by atoms with Crippen molar-refractivity contribution in [2.24, 2.45) is 0 Å². The fourth-order valence-electron chi connectivity index (χ4n) is 1.38. The van der Waals surface area contributed by atoms with E-state index in [0.717, 1.165) is 23.6 Å². The van der Waals surface area contributed by atoms with Gasteiger partial charge >= 0.3 is 0 Å². The van der Waals surface area contributed by atoms with Crippen molar-refractivity contribution in [2.75, 3.05) is 13.1 Å². The molecule has 1 heterocycles. The van der Waals surface area contributed by atoms with Gasteiger partial charge in [-0.15, -0.1) is 11.5 Å². The third-order valence-electron chi connectivity index (χ3n) is 2.15. The minimum atomic E-state index is -0.0494. The number of aromatic nitrogens is 2. The second-order valence-corrected chi connectivity index (χ2v) is 4.09. The van der Waals surface area contributed by atoms with Gasteiger partial charge in [0.15, 0.2) is 0 Å². The van der Waals surface area contributed by atoms with E-state index in [0.29, 0.717) is 24.4 Å². The van der Waals surface area contributed by atoms with Gasteiger partial charge in [0.2, 0.25) is 0 Å². The standard InChI is InChI=1S/C11H15N3OS/c1-4-7-14(8-5-2)11(15)10-9(6-3)12-13-16-10/h1H,5-8H2,2-3H3. The van der Waals surface area contributed by atoms with Crippen LogP contribution in [0.25, 0.3) is 0 Å². The predicted octanol–water partition coefficient (Wildman–Crippen LogP) is 1.59. The van der Waals surface area contributed by atoms with Crippen LogP contribution in [0.15, 0.2) is 0 Å². The highest BCUT2D eigenvalue weighted by molar-refractivity contribution is 7.08. The van der Waals surface area contributed by atoms with Crippen molar-refractivity contribution in [1.29, 1.82) is 0 Å². The lowest BCUT2D eigenvalue weighted by Gasteiger charge is -2.18. The van der Waals surface area contributed by atoms with E-state index in [1.54, 1.807) is 4.90 Å². The molecule has 0 saturated carbocycles. The van der Waals surface area contributed by atoms with Crippen LogP contribution < -0.4 is 0 Å². The molecule has 0 N–H and O–H groups in total. The van der Waals surface area contributed by atoms with Gasteiger partial charge in [-0.1, -0.05) is 24.3 Å². The Bertz CT molecular complexity index is 394. The van der Waals surface area contributed by atoms with Gasteiger partial charge in [-0.25, -0.2) is 0 Å². The molecule has 1 amide bonds. The number of carbonyl (C=O) groups is 1. The lowest BCUT2D eigenvalue weighted by Crippen LogP contribution is -2.32. The zero-order chi connectivity index (χ0) is 12.0. The first-order valence-corrected chi connectivity index (χ1v) is 6.05. The minimum absolute atomic E-state index is 0.0494. The summed E-state index contributed by atoms with van der Waals surface area (Å²) in [5.41, 5.74) is 0.758. The van der Waals surface area contributed by atoms with E-state index < -0.39 is 0 Å². The second-order valence-electron chi connectivity index (χ2n) is 3.33. The summed E-state index contributed by atoms with van der Waals surface area (Å²) in [4.78, 5) is 14.4. The van der Waals surface area contributed by atoms with Crippen molar-refractivity contribution < 1.29 is 4.79 Å². The van der Waals surface area contributed by atoms with Crippen LogP contribution in [-0.4, -0.2) is 33.5 Å². The van der Waals surface area contributed by atoms with Gasteiger partial charge in [-0.05, 0) is 24.4 Å². The molecule has 0 saturated heterocycles. The smallest absolute Gasteiger partial charge is 0.268 e. The highest BCUT2D eigenvalue weighted by atomic mass is 32.1. The third kappa shape index (κ3) is 2.80. The van der Waals surface area contributed by atoms with Crippen LogP contribution in [0.2, 0.25) is 0 Å². The Morgan fingerprint density at radius 2 is 2.31 bits per heavy atom. The maximum Gasteiger partial charge on any atom is 0.268 e. The third-order valence-corrected chi connectivity index (χ3v) is 2.90. The van der Waals surface area contributed by atoms with Gasteiger partial charge in [-0.3, -0.25) is 4.79 Å². The number of aryl methyl sites for hydroxylation is 1. The van der Waals surface area contributed by atoms with Crippen LogP contribution in [0.4, 0.5) is 0 Å². The first-order valence-electron chi connectivity index (χ1n) is 5.28. The maximum absolute atomic E-state index is 12.1. The molecule has 0 unspecified atom stereocenters. The number of nitrogens with zero attached hydrogens (tertiary/aromatic N) is 3. The number of amides is 1. The molecule has 0 fully saturated rings. The molecule has 5 heteroatoms. The Hall–Kier alpha value is -1.41. The Kier molecular flexibility index (Phi) is 4.93. The topological polar surface area (TPSA) is 46.1 Å². The highest BCUT2D eigenvalue weighted by Crippen LogP contribution is 2.14. The van der Waals surface area contributed by atoms with E-state index in [4.69, 9.17) is 6.42 Å². The fourth-order valence-corrected chi connectivity index (χ4v) is 2.10. The number of hydrogen-bond acceptors (Lipinski definition) is 4. The molecule has 0 radical (unpaired) electrons. The monoisotopic (exact) mass is 237 g/mol. The van der Waals surface area contributed by atoms with Gasteiger partial charge in [0, 0.05) is 6.54 Å². The van der Waals surface area contributed by atoms with Crippen molar-refractivity contribution >= 4 is 17.4 Å². The first-order chi connectivity index (χ1) is 7.74. The van der Waals surface area contributed by atoms with E-state index in [1.165, 1.54) is 0 Å². The molecule has 0 bridgehead atoms. The Morgan fingerprint density at radius 3 is 2.88 bits per heavy atom. The molecule has 0 aromatic carbocycles. The molecule has 0 aliphatic heterocycles. The van der Waals surface area contributed by atoms with Gasteiger partial charge in [0.1, 0.15) is 4.88 Å². The van der Waals surface area contributed by atoms with Crippen molar-refractivity contribution in [1.82, 2.24) is 14.5 Å². The SMILES string of the molecule is C#CCN(CCC)C(=O)c1snnc1CC. The van der Waals surface area contributed by atoms with Gasteiger partial charge in [-0.2, -0.15) is 0 Å². The summed E-state index contributed by atoms with van der Waals surface area (Å²) in [7, 11) is 0. The average molecular weight is 237 g/mol. The average Bonchev–Trinajstić information content (AvgIpc) is 2.75. The lowest BCUT2D eigenvalue weighted by molar-refractivity contribution is 0.0780. The zero-order valence-corrected chi connectivity index (χ0v) is 10.4. The first kappa shape index (κ1) is 12.7. The van der Waals surface area contributed by atoms with Crippen LogP contribution in [0, 0.1) is 12.3 Å². The quantitative estimate of drug-likeness (QED) is 0.730. The summed E-state index contributed by atoms with van der Waals surface area (Å²) in [5.74, 6) is 2.45.